The standard InChI is InChI=1S/C12H18ClN3O/c1-9-6-10(13)15-11(14-9)7-16-5-3-4-12(2,17)8-16/h6,17H,3-5,7-8H2,1-2H3. The summed E-state index contributed by atoms with van der Waals surface area (Å²) < 4.78 is 0. The molecule has 4 nitrogen and oxygen atoms in total. The first-order chi connectivity index (χ1) is 7.94. The molecule has 17 heavy (non-hydrogen) atoms. The quantitative estimate of drug-likeness (QED) is 0.819. The van der Waals surface area contributed by atoms with Gasteiger partial charge in [0.25, 0.3) is 0 Å². The fourth-order valence-corrected chi connectivity index (χ4v) is 2.57. The lowest BCUT2D eigenvalue weighted by molar-refractivity contribution is -0.0188. The Morgan fingerprint density at radius 3 is 2.94 bits per heavy atom. The molecule has 0 aromatic carbocycles. The van der Waals surface area contributed by atoms with Gasteiger partial charge in [-0.1, -0.05) is 11.6 Å². The molecule has 1 N–H and O–H groups in total. The molecule has 0 radical (unpaired) electrons. The van der Waals surface area contributed by atoms with E-state index in [2.05, 4.69) is 14.9 Å². The summed E-state index contributed by atoms with van der Waals surface area (Å²) in [5.41, 5.74) is 0.287. The van der Waals surface area contributed by atoms with Crippen molar-refractivity contribution in [3.05, 3.63) is 22.7 Å². The third-order valence-corrected chi connectivity index (χ3v) is 3.18. The molecule has 1 aromatic heterocycles. The maximum atomic E-state index is 10.0. The van der Waals surface area contributed by atoms with Gasteiger partial charge in [-0.15, -0.1) is 0 Å². The van der Waals surface area contributed by atoms with Crippen molar-refractivity contribution in [1.82, 2.24) is 14.9 Å². The van der Waals surface area contributed by atoms with E-state index < -0.39 is 5.60 Å². The highest BCUT2D eigenvalue weighted by Gasteiger charge is 2.28. The predicted octanol–water partition coefficient (Wildman–Crippen LogP) is 1.79. The largest absolute Gasteiger partial charge is 0.389 e. The summed E-state index contributed by atoms with van der Waals surface area (Å²) in [7, 11) is 0. The second-order valence-electron chi connectivity index (χ2n) is 5.06. The van der Waals surface area contributed by atoms with Crippen LogP contribution >= 0.6 is 11.6 Å². The molecule has 5 heteroatoms. The molecule has 0 saturated carbocycles. The zero-order valence-electron chi connectivity index (χ0n) is 10.3. The number of aryl methyl sites for hydroxylation is 1. The summed E-state index contributed by atoms with van der Waals surface area (Å²) in [5, 5.41) is 10.5. The lowest BCUT2D eigenvalue weighted by atomic mass is 9.95. The van der Waals surface area contributed by atoms with E-state index in [0.29, 0.717) is 18.2 Å². The Kier molecular flexibility index (Phi) is 3.66. The number of halogens is 1. The van der Waals surface area contributed by atoms with Gasteiger partial charge in [-0.2, -0.15) is 0 Å². The summed E-state index contributed by atoms with van der Waals surface area (Å²) in [6.45, 7) is 6.08. The van der Waals surface area contributed by atoms with Crippen LogP contribution in [0.1, 0.15) is 31.3 Å². The van der Waals surface area contributed by atoms with Crippen molar-refractivity contribution in [2.45, 2.75) is 38.8 Å². The molecule has 1 aliphatic rings. The first-order valence-corrected chi connectivity index (χ1v) is 6.27. The van der Waals surface area contributed by atoms with Crippen LogP contribution in [-0.2, 0) is 6.54 Å². The molecule has 1 fully saturated rings. The summed E-state index contributed by atoms with van der Waals surface area (Å²) in [6, 6.07) is 1.75. The van der Waals surface area contributed by atoms with Crippen LogP contribution in [0.3, 0.4) is 0 Å². The first-order valence-electron chi connectivity index (χ1n) is 5.89. The highest BCUT2D eigenvalue weighted by atomic mass is 35.5. The monoisotopic (exact) mass is 255 g/mol. The van der Waals surface area contributed by atoms with E-state index >= 15 is 0 Å². The molecule has 0 spiro atoms. The summed E-state index contributed by atoms with van der Waals surface area (Å²) >= 11 is 5.90. The van der Waals surface area contributed by atoms with Crippen molar-refractivity contribution in [2.75, 3.05) is 13.1 Å². The molecular formula is C12H18ClN3O. The SMILES string of the molecule is Cc1cc(Cl)nc(CN2CCCC(C)(O)C2)n1. The van der Waals surface area contributed by atoms with Crippen LogP contribution in [0, 0.1) is 6.92 Å². The Labute approximate surface area is 107 Å². The number of hydrogen-bond acceptors (Lipinski definition) is 4. The van der Waals surface area contributed by atoms with Gasteiger partial charge >= 0.3 is 0 Å². The van der Waals surface area contributed by atoms with E-state index in [9.17, 15) is 5.11 Å². The summed E-state index contributed by atoms with van der Waals surface area (Å²) in [4.78, 5) is 10.7. The predicted molar refractivity (Wildman–Crippen MR) is 66.9 cm³/mol. The number of β-amino-alcohol motifs (C(OH)–C–C–N with tert-alkyl or cyclic N) is 1. The van der Waals surface area contributed by atoms with Crippen molar-refractivity contribution in [1.29, 1.82) is 0 Å². The molecule has 0 bridgehead atoms. The van der Waals surface area contributed by atoms with E-state index in [4.69, 9.17) is 11.6 Å². The Balaban J connectivity index is 2.05. The third kappa shape index (κ3) is 3.63. The molecule has 1 unspecified atom stereocenters. The average Bonchev–Trinajstić information content (AvgIpc) is 2.13. The molecule has 94 valence electrons. The van der Waals surface area contributed by atoms with Crippen LogP contribution in [0.2, 0.25) is 5.15 Å². The molecule has 0 amide bonds. The van der Waals surface area contributed by atoms with Gasteiger partial charge in [-0.05, 0) is 39.3 Å². The molecular weight excluding hydrogens is 238 g/mol. The number of likely N-dealkylation sites (tertiary alicyclic amines) is 1. The molecule has 2 rings (SSSR count). The van der Waals surface area contributed by atoms with Crippen molar-refractivity contribution in [2.24, 2.45) is 0 Å². The maximum absolute atomic E-state index is 10.0. The lowest BCUT2D eigenvalue weighted by Gasteiger charge is -2.36. The highest BCUT2D eigenvalue weighted by Crippen LogP contribution is 2.21. The highest BCUT2D eigenvalue weighted by molar-refractivity contribution is 6.29. The molecule has 2 heterocycles. The Morgan fingerprint density at radius 2 is 2.29 bits per heavy atom. The summed E-state index contributed by atoms with van der Waals surface area (Å²) in [6.07, 6.45) is 1.87. The Bertz CT molecular complexity index is 388. The first kappa shape index (κ1) is 12.7. The second kappa shape index (κ2) is 4.88. The topological polar surface area (TPSA) is 49.2 Å². The van der Waals surface area contributed by atoms with Gasteiger partial charge < -0.3 is 5.11 Å². The molecule has 0 aliphatic carbocycles. The lowest BCUT2D eigenvalue weighted by Crippen LogP contribution is -2.45. The van der Waals surface area contributed by atoms with Crippen LogP contribution in [0.15, 0.2) is 6.07 Å². The van der Waals surface area contributed by atoms with Gasteiger partial charge in [0.1, 0.15) is 11.0 Å². The number of hydrogen-bond donors (Lipinski definition) is 1. The molecule has 1 atom stereocenters. The van der Waals surface area contributed by atoms with E-state index in [1.807, 2.05) is 13.8 Å². The number of aromatic nitrogens is 2. The Morgan fingerprint density at radius 1 is 1.53 bits per heavy atom. The number of nitrogens with zero attached hydrogens (tertiary/aromatic N) is 3. The van der Waals surface area contributed by atoms with Crippen LogP contribution in [0.25, 0.3) is 0 Å². The van der Waals surface area contributed by atoms with Crippen LogP contribution < -0.4 is 0 Å². The van der Waals surface area contributed by atoms with Gasteiger partial charge in [0.2, 0.25) is 0 Å². The summed E-state index contributed by atoms with van der Waals surface area (Å²) in [5.74, 6) is 0.729. The smallest absolute Gasteiger partial charge is 0.144 e. The van der Waals surface area contributed by atoms with Crippen molar-refractivity contribution < 1.29 is 5.11 Å². The van der Waals surface area contributed by atoms with E-state index in [1.165, 1.54) is 0 Å². The van der Waals surface area contributed by atoms with Crippen LogP contribution in [0.5, 0.6) is 0 Å². The zero-order chi connectivity index (χ0) is 12.5. The number of piperidine rings is 1. The van der Waals surface area contributed by atoms with E-state index in [0.717, 1.165) is 30.9 Å². The Hall–Kier alpha value is -0.710. The number of rotatable bonds is 2. The van der Waals surface area contributed by atoms with Gasteiger partial charge in [0, 0.05) is 12.2 Å². The normalized spacial score (nSPS) is 26.1. The maximum Gasteiger partial charge on any atom is 0.144 e. The minimum absolute atomic E-state index is 0.483. The van der Waals surface area contributed by atoms with E-state index in [-0.39, 0.29) is 0 Å². The molecule has 1 saturated heterocycles. The third-order valence-electron chi connectivity index (χ3n) is 2.99. The fourth-order valence-electron chi connectivity index (χ4n) is 2.32. The van der Waals surface area contributed by atoms with Gasteiger partial charge in [-0.3, -0.25) is 4.90 Å². The molecule has 1 aromatic rings. The van der Waals surface area contributed by atoms with Gasteiger partial charge in [0.05, 0.1) is 12.1 Å². The van der Waals surface area contributed by atoms with Crippen LogP contribution in [0.4, 0.5) is 0 Å². The minimum Gasteiger partial charge on any atom is -0.389 e. The van der Waals surface area contributed by atoms with Crippen LogP contribution in [-0.4, -0.2) is 38.7 Å². The average molecular weight is 256 g/mol. The van der Waals surface area contributed by atoms with Gasteiger partial charge in [-0.25, -0.2) is 9.97 Å². The van der Waals surface area contributed by atoms with Crippen molar-refractivity contribution in [3.8, 4) is 0 Å². The number of aliphatic hydroxyl groups is 1. The second-order valence-corrected chi connectivity index (χ2v) is 5.45. The molecule has 1 aliphatic heterocycles. The van der Waals surface area contributed by atoms with Crippen molar-refractivity contribution >= 4 is 11.6 Å². The van der Waals surface area contributed by atoms with E-state index in [1.54, 1.807) is 6.07 Å². The zero-order valence-corrected chi connectivity index (χ0v) is 11.0. The minimum atomic E-state index is -0.591. The fraction of sp³-hybridized carbons (Fsp3) is 0.667. The van der Waals surface area contributed by atoms with Crippen molar-refractivity contribution in [3.63, 3.8) is 0 Å². The van der Waals surface area contributed by atoms with Gasteiger partial charge in [0.15, 0.2) is 0 Å².